The molecular weight excluding hydrogens is 212 g/mol. The largest absolute Gasteiger partial charge is 0.496 e. The van der Waals surface area contributed by atoms with Crippen molar-refractivity contribution in [1.29, 1.82) is 0 Å². The first kappa shape index (κ1) is 15.6. The van der Waals surface area contributed by atoms with E-state index < -0.39 is 0 Å². The zero-order valence-electron chi connectivity index (χ0n) is 12.1. The van der Waals surface area contributed by atoms with Gasteiger partial charge in [0.2, 0.25) is 0 Å². The van der Waals surface area contributed by atoms with Crippen molar-refractivity contribution in [1.82, 2.24) is 0 Å². The summed E-state index contributed by atoms with van der Waals surface area (Å²) in [6, 6.07) is 0. The molecule has 0 bridgehead atoms. The first-order valence-corrected chi connectivity index (χ1v) is 5.69. The van der Waals surface area contributed by atoms with Crippen LogP contribution in [0.5, 0.6) is 0 Å². The number of methoxy groups -OCH3 is 1. The lowest BCUT2D eigenvalue weighted by molar-refractivity contribution is 0.288. The Morgan fingerprint density at radius 2 is 1.35 bits per heavy atom. The Kier molecular flexibility index (Phi) is 6.40. The molecule has 0 unspecified atom stereocenters. The average molecular weight is 236 g/mol. The van der Waals surface area contributed by atoms with Gasteiger partial charge in [0.1, 0.15) is 11.5 Å². The van der Waals surface area contributed by atoms with Gasteiger partial charge in [-0.3, -0.25) is 0 Å². The van der Waals surface area contributed by atoms with Gasteiger partial charge in [-0.05, 0) is 58.3 Å². The Labute approximate surface area is 105 Å². The lowest BCUT2D eigenvalue weighted by Crippen LogP contribution is -1.95. The highest BCUT2D eigenvalue weighted by molar-refractivity contribution is 5.29. The molecule has 0 atom stereocenters. The van der Waals surface area contributed by atoms with Gasteiger partial charge < -0.3 is 9.47 Å². The second kappa shape index (κ2) is 7.00. The molecule has 0 fully saturated rings. The van der Waals surface area contributed by atoms with Gasteiger partial charge in [0.05, 0.1) is 13.4 Å². The lowest BCUT2D eigenvalue weighted by atomic mass is 10.2. The van der Waals surface area contributed by atoms with E-state index in [1.807, 2.05) is 41.5 Å². The van der Waals surface area contributed by atoms with E-state index in [1.54, 1.807) is 13.4 Å². The molecule has 0 aromatic heterocycles. The third-order valence-electron chi connectivity index (χ3n) is 2.21. The number of ether oxygens (including phenoxy) is 2. The molecule has 2 nitrogen and oxygen atoms in total. The van der Waals surface area contributed by atoms with Crippen molar-refractivity contribution >= 4 is 0 Å². The van der Waals surface area contributed by atoms with E-state index >= 15 is 0 Å². The van der Waals surface area contributed by atoms with Crippen LogP contribution in [0.4, 0.5) is 0 Å². The van der Waals surface area contributed by atoms with Crippen LogP contribution in [0.2, 0.25) is 0 Å². The van der Waals surface area contributed by atoms with Gasteiger partial charge in [0, 0.05) is 5.57 Å². The van der Waals surface area contributed by atoms with Crippen LogP contribution in [0.3, 0.4) is 0 Å². The van der Waals surface area contributed by atoms with Gasteiger partial charge in [-0.25, -0.2) is 0 Å². The normalized spacial score (nSPS) is 10.6. The van der Waals surface area contributed by atoms with Gasteiger partial charge >= 0.3 is 0 Å². The fraction of sp³-hybridized carbons (Fsp3) is 0.467. The van der Waals surface area contributed by atoms with Crippen molar-refractivity contribution in [3.05, 3.63) is 46.7 Å². The molecule has 0 saturated heterocycles. The monoisotopic (exact) mass is 236 g/mol. The summed E-state index contributed by atoms with van der Waals surface area (Å²) in [6.45, 7) is 15.8. The van der Waals surface area contributed by atoms with Crippen LogP contribution < -0.4 is 0 Å². The van der Waals surface area contributed by atoms with Crippen LogP contribution in [0.15, 0.2) is 46.7 Å². The number of hydrogen-bond donors (Lipinski definition) is 0. The maximum absolute atomic E-state index is 5.66. The Balaban J connectivity index is 5.03. The van der Waals surface area contributed by atoms with Crippen LogP contribution in [-0.2, 0) is 9.47 Å². The first-order valence-electron chi connectivity index (χ1n) is 5.69. The lowest BCUT2D eigenvalue weighted by Gasteiger charge is -2.12. The molecule has 0 aliphatic heterocycles. The van der Waals surface area contributed by atoms with Gasteiger partial charge in [-0.15, -0.1) is 0 Å². The van der Waals surface area contributed by atoms with Gasteiger partial charge in [-0.1, -0.05) is 6.58 Å². The highest BCUT2D eigenvalue weighted by Gasteiger charge is 2.05. The predicted molar refractivity (Wildman–Crippen MR) is 73.4 cm³/mol. The van der Waals surface area contributed by atoms with E-state index in [2.05, 4.69) is 6.58 Å². The standard InChI is InChI=1S/C15H24O2/c1-10(2)14(11(3)4)17-9-13(7)15(16-8)12(5)6/h9H,1H2,2-8H3/b13-9-. The summed E-state index contributed by atoms with van der Waals surface area (Å²) in [5.41, 5.74) is 4.12. The highest BCUT2D eigenvalue weighted by atomic mass is 16.5. The minimum absolute atomic E-state index is 0.827. The molecule has 17 heavy (non-hydrogen) atoms. The molecule has 0 radical (unpaired) electrons. The Morgan fingerprint density at radius 1 is 0.882 bits per heavy atom. The SMILES string of the molecule is C=C(C)C(O/C=C(/C)C(OC)=C(C)C)=C(C)C. The van der Waals surface area contributed by atoms with Crippen molar-refractivity contribution in [2.45, 2.75) is 41.5 Å². The van der Waals surface area contributed by atoms with Crippen molar-refractivity contribution in [3.8, 4) is 0 Å². The Hall–Kier alpha value is -1.44. The topological polar surface area (TPSA) is 18.5 Å². The molecule has 0 aromatic rings. The third-order valence-corrected chi connectivity index (χ3v) is 2.21. The van der Waals surface area contributed by atoms with Crippen molar-refractivity contribution in [2.24, 2.45) is 0 Å². The molecule has 2 heteroatoms. The van der Waals surface area contributed by atoms with E-state index in [9.17, 15) is 0 Å². The minimum atomic E-state index is 0.827. The van der Waals surface area contributed by atoms with E-state index in [4.69, 9.17) is 9.47 Å². The molecule has 0 aromatic carbocycles. The summed E-state index contributed by atoms with van der Waals surface area (Å²) in [6.07, 6.45) is 1.71. The van der Waals surface area contributed by atoms with E-state index in [1.165, 1.54) is 0 Å². The molecule has 0 aliphatic carbocycles. The Morgan fingerprint density at radius 3 is 1.65 bits per heavy atom. The van der Waals surface area contributed by atoms with Crippen molar-refractivity contribution in [3.63, 3.8) is 0 Å². The molecule has 0 rings (SSSR count). The Bertz CT molecular complexity index is 374. The number of hydrogen-bond acceptors (Lipinski definition) is 2. The van der Waals surface area contributed by atoms with Crippen molar-refractivity contribution in [2.75, 3.05) is 7.11 Å². The molecule has 0 spiro atoms. The second-order valence-corrected chi connectivity index (χ2v) is 4.56. The van der Waals surface area contributed by atoms with Crippen LogP contribution >= 0.6 is 0 Å². The summed E-state index contributed by atoms with van der Waals surface area (Å²) < 4.78 is 11.0. The highest BCUT2D eigenvalue weighted by Crippen LogP contribution is 2.19. The molecule has 0 saturated carbocycles. The van der Waals surface area contributed by atoms with Gasteiger partial charge in [0.25, 0.3) is 0 Å². The fourth-order valence-corrected chi connectivity index (χ4v) is 1.61. The van der Waals surface area contributed by atoms with E-state index in [-0.39, 0.29) is 0 Å². The van der Waals surface area contributed by atoms with Crippen LogP contribution in [0.1, 0.15) is 41.5 Å². The van der Waals surface area contributed by atoms with Crippen LogP contribution in [-0.4, -0.2) is 7.11 Å². The summed E-state index contributed by atoms with van der Waals surface area (Å²) >= 11 is 0. The van der Waals surface area contributed by atoms with E-state index in [0.717, 1.165) is 33.8 Å². The molecule has 0 aliphatic rings. The van der Waals surface area contributed by atoms with E-state index in [0.29, 0.717) is 0 Å². The maximum Gasteiger partial charge on any atom is 0.127 e. The third kappa shape index (κ3) is 4.94. The first-order chi connectivity index (χ1) is 7.81. The quantitative estimate of drug-likeness (QED) is 0.508. The fourth-order valence-electron chi connectivity index (χ4n) is 1.61. The summed E-state index contributed by atoms with van der Waals surface area (Å²) in [4.78, 5) is 0. The smallest absolute Gasteiger partial charge is 0.127 e. The zero-order valence-corrected chi connectivity index (χ0v) is 12.1. The molecule has 96 valence electrons. The van der Waals surface area contributed by atoms with Crippen LogP contribution in [0, 0.1) is 0 Å². The summed E-state index contributed by atoms with van der Waals surface area (Å²) in [7, 11) is 1.67. The molecule has 0 N–H and O–H groups in total. The zero-order chi connectivity index (χ0) is 13.6. The summed E-state index contributed by atoms with van der Waals surface area (Å²) in [5.74, 6) is 1.69. The average Bonchev–Trinajstić information content (AvgIpc) is 2.16. The second-order valence-electron chi connectivity index (χ2n) is 4.56. The molecule has 0 heterocycles. The van der Waals surface area contributed by atoms with Gasteiger partial charge in [0.15, 0.2) is 0 Å². The molecular formula is C15H24O2. The number of rotatable bonds is 5. The van der Waals surface area contributed by atoms with Crippen molar-refractivity contribution < 1.29 is 9.47 Å². The van der Waals surface area contributed by atoms with Crippen LogP contribution in [0.25, 0.3) is 0 Å². The maximum atomic E-state index is 5.66. The number of allylic oxidation sites excluding steroid dienone is 4. The predicted octanol–water partition coefficient (Wildman–Crippen LogP) is 4.72. The summed E-state index contributed by atoms with van der Waals surface area (Å²) in [5, 5.41) is 0. The minimum Gasteiger partial charge on any atom is -0.496 e. The molecule has 0 amide bonds. The van der Waals surface area contributed by atoms with Gasteiger partial charge in [-0.2, -0.15) is 0 Å².